The fourth-order valence-corrected chi connectivity index (χ4v) is 1.60. The van der Waals surface area contributed by atoms with Gasteiger partial charge in [0.05, 0.1) is 6.26 Å². The van der Waals surface area contributed by atoms with Crippen LogP contribution in [0.3, 0.4) is 0 Å². The Bertz CT molecular complexity index is 601. The predicted octanol–water partition coefficient (Wildman–Crippen LogP) is 3.25. The first-order chi connectivity index (χ1) is 7.33. The lowest BCUT2D eigenvalue weighted by molar-refractivity contribution is 0.535. The van der Waals surface area contributed by atoms with E-state index in [-0.39, 0.29) is 0 Å². The highest BCUT2D eigenvalue weighted by atomic mass is 79.9. The summed E-state index contributed by atoms with van der Waals surface area (Å²) < 4.78 is 11.4. The number of hydrogen-bond acceptors (Lipinski definition) is 4. The molecular weight excluding hydrogens is 260 g/mol. The van der Waals surface area contributed by atoms with Crippen molar-refractivity contribution in [3.05, 3.63) is 35.1 Å². The van der Waals surface area contributed by atoms with E-state index in [1.54, 1.807) is 24.5 Å². The second-order valence-corrected chi connectivity index (χ2v) is 3.76. The third-order valence-corrected chi connectivity index (χ3v) is 2.39. The normalized spacial score (nSPS) is 11.0. The van der Waals surface area contributed by atoms with Crippen LogP contribution in [0, 0.1) is 0 Å². The summed E-state index contributed by atoms with van der Waals surface area (Å²) in [4.78, 5) is 8.39. The molecule has 3 aromatic heterocycles. The Hall–Kier alpha value is -1.62. The Balaban J connectivity index is 2.22. The van der Waals surface area contributed by atoms with Gasteiger partial charge in [0.15, 0.2) is 17.0 Å². The monoisotopic (exact) mass is 264 g/mol. The molecule has 0 atom stereocenters. The number of rotatable bonds is 1. The highest BCUT2D eigenvalue weighted by Crippen LogP contribution is 2.24. The molecule has 15 heavy (non-hydrogen) atoms. The zero-order valence-electron chi connectivity index (χ0n) is 7.48. The fraction of sp³-hybridized carbons (Fsp3) is 0. The molecule has 0 aliphatic carbocycles. The first-order valence-electron chi connectivity index (χ1n) is 4.30. The van der Waals surface area contributed by atoms with Gasteiger partial charge in [0.1, 0.15) is 4.60 Å². The molecule has 0 radical (unpaired) electrons. The maximum Gasteiger partial charge on any atom is 0.265 e. The quantitative estimate of drug-likeness (QED) is 0.634. The van der Waals surface area contributed by atoms with Crippen LogP contribution in [0.2, 0.25) is 0 Å². The van der Waals surface area contributed by atoms with Crippen molar-refractivity contribution in [2.75, 3.05) is 0 Å². The second kappa shape index (κ2) is 3.20. The van der Waals surface area contributed by atoms with Crippen LogP contribution in [0.5, 0.6) is 0 Å². The summed E-state index contributed by atoms with van der Waals surface area (Å²) in [6, 6.07) is 7.19. The first-order valence-corrected chi connectivity index (χ1v) is 5.09. The number of fused-ring (bicyclic) bond motifs is 1. The molecule has 0 aliphatic heterocycles. The Labute approximate surface area is 93.1 Å². The largest absolute Gasteiger partial charge is 0.459 e. The fourth-order valence-electron chi connectivity index (χ4n) is 1.30. The van der Waals surface area contributed by atoms with E-state index in [2.05, 4.69) is 25.9 Å². The minimum atomic E-state index is 0.445. The number of nitrogens with zero attached hydrogens (tertiary/aromatic N) is 2. The molecule has 74 valence electrons. The second-order valence-electron chi connectivity index (χ2n) is 2.95. The van der Waals surface area contributed by atoms with Crippen LogP contribution in [0.15, 0.2) is 44.0 Å². The highest BCUT2D eigenvalue weighted by molar-refractivity contribution is 9.10. The summed E-state index contributed by atoms with van der Waals surface area (Å²) in [5, 5.41) is 0. The highest BCUT2D eigenvalue weighted by Gasteiger charge is 2.11. The van der Waals surface area contributed by atoms with Gasteiger partial charge in [-0.3, -0.25) is 0 Å². The number of oxazole rings is 1. The lowest BCUT2D eigenvalue weighted by Crippen LogP contribution is -1.76. The van der Waals surface area contributed by atoms with E-state index < -0.39 is 0 Å². The zero-order chi connectivity index (χ0) is 10.3. The van der Waals surface area contributed by atoms with Gasteiger partial charge >= 0.3 is 0 Å². The number of halogens is 1. The van der Waals surface area contributed by atoms with E-state index >= 15 is 0 Å². The zero-order valence-corrected chi connectivity index (χ0v) is 9.06. The Morgan fingerprint density at radius 3 is 2.87 bits per heavy atom. The van der Waals surface area contributed by atoms with E-state index in [0.717, 1.165) is 4.60 Å². The van der Waals surface area contributed by atoms with Gasteiger partial charge in [0.2, 0.25) is 0 Å². The number of furan rings is 1. The standard InChI is InChI=1S/C10H5BrN2O2/c11-8-4-3-6-9(12-8)13-10(15-6)7-2-1-5-14-7/h1-5H. The molecule has 0 N–H and O–H groups in total. The smallest absolute Gasteiger partial charge is 0.265 e. The van der Waals surface area contributed by atoms with Crippen molar-refractivity contribution in [2.45, 2.75) is 0 Å². The predicted molar refractivity (Wildman–Crippen MR) is 57.2 cm³/mol. The molecule has 0 amide bonds. The van der Waals surface area contributed by atoms with Gasteiger partial charge in [-0.15, -0.1) is 0 Å². The molecule has 0 fully saturated rings. The summed E-state index contributed by atoms with van der Waals surface area (Å²) in [6.45, 7) is 0. The van der Waals surface area contributed by atoms with Gasteiger partial charge in [-0.25, -0.2) is 4.98 Å². The maximum atomic E-state index is 5.48. The molecule has 0 aromatic carbocycles. The van der Waals surface area contributed by atoms with Gasteiger partial charge in [0, 0.05) is 0 Å². The maximum absolute atomic E-state index is 5.48. The van der Waals surface area contributed by atoms with E-state index in [1.807, 2.05) is 6.07 Å². The first kappa shape index (κ1) is 8.67. The topological polar surface area (TPSA) is 52.1 Å². The number of pyridine rings is 1. The van der Waals surface area contributed by atoms with Crippen molar-refractivity contribution >= 4 is 27.2 Å². The molecule has 0 saturated heterocycles. The lowest BCUT2D eigenvalue weighted by Gasteiger charge is -1.85. The molecule has 0 unspecified atom stereocenters. The third kappa shape index (κ3) is 1.45. The number of hydrogen-bond donors (Lipinski definition) is 0. The van der Waals surface area contributed by atoms with Crippen LogP contribution in [0.4, 0.5) is 0 Å². The van der Waals surface area contributed by atoms with Crippen LogP contribution in [-0.4, -0.2) is 9.97 Å². The van der Waals surface area contributed by atoms with Gasteiger partial charge in [-0.2, -0.15) is 4.98 Å². The van der Waals surface area contributed by atoms with Gasteiger partial charge in [0.25, 0.3) is 5.89 Å². The average molecular weight is 265 g/mol. The summed E-state index contributed by atoms with van der Waals surface area (Å²) in [5.74, 6) is 1.05. The molecule has 4 nitrogen and oxygen atoms in total. The molecule has 0 saturated carbocycles. The molecular formula is C10H5BrN2O2. The van der Waals surface area contributed by atoms with Crippen molar-refractivity contribution < 1.29 is 8.83 Å². The lowest BCUT2D eigenvalue weighted by atomic mass is 10.4. The minimum Gasteiger partial charge on any atom is -0.459 e. The Morgan fingerprint density at radius 1 is 1.13 bits per heavy atom. The Morgan fingerprint density at radius 2 is 2.07 bits per heavy atom. The van der Waals surface area contributed by atoms with Crippen molar-refractivity contribution in [1.82, 2.24) is 9.97 Å². The molecule has 3 heterocycles. The number of aromatic nitrogens is 2. The van der Waals surface area contributed by atoms with E-state index in [0.29, 0.717) is 22.9 Å². The van der Waals surface area contributed by atoms with Gasteiger partial charge in [-0.05, 0) is 40.2 Å². The Kier molecular flexibility index (Phi) is 1.85. The van der Waals surface area contributed by atoms with Crippen LogP contribution in [0.25, 0.3) is 22.9 Å². The molecule has 0 spiro atoms. The van der Waals surface area contributed by atoms with Crippen LogP contribution >= 0.6 is 15.9 Å². The third-order valence-electron chi connectivity index (χ3n) is 1.95. The van der Waals surface area contributed by atoms with Gasteiger partial charge in [-0.1, -0.05) is 0 Å². The van der Waals surface area contributed by atoms with Crippen molar-refractivity contribution in [3.8, 4) is 11.7 Å². The van der Waals surface area contributed by atoms with E-state index in [4.69, 9.17) is 8.83 Å². The molecule has 3 rings (SSSR count). The molecule has 0 aliphatic rings. The molecule has 0 bridgehead atoms. The van der Waals surface area contributed by atoms with Gasteiger partial charge < -0.3 is 8.83 Å². The van der Waals surface area contributed by atoms with E-state index in [9.17, 15) is 0 Å². The summed E-state index contributed by atoms with van der Waals surface area (Å²) in [6.07, 6.45) is 1.58. The van der Waals surface area contributed by atoms with Crippen molar-refractivity contribution in [3.63, 3.8) is 0 Å². The summed E-state index contributed by atoms with van der Waals surface area (Å²) in [5.41, 5.74) is 1.21. The van der Waals surface area contributed by atoms with Crippen molar-refractivity contribution in [1.29, 1.82) is 0 Å². The van der Waals surface area contributed by atoms with Crippen molar-refractivity contribution in [2.24, 2.45) is 0 Å². The van der Waals surface area contributed by atoms with E-state index in [1.165, 1.54) is 0 Å². The average Bonchev–Trinajstić information content (AvgIpc) is 2.84. The molecule has 5 heteroatoms. The SMILES string of the molecule is Brc1ccc2oc(-c3ccco3)nc2n1. The molecule has 3 aromatic rings. The minimum absolute atomic E-state index is 0.445. The van der Waals surface area contributed by atoms with Crippen LogP contribution in [-0.2, 0) is 0 Å². The summed E-state index contributed by atoms with van der Waals surface area (Å²) in [7, 11) is 0. The van der Waals surface area contributed by atoms with Crippen LogP contribution in [0.1, 0.15) is 0 Å². The summed E-state index contributed by atoms with van der Waals surface area (Å²) >= 11 is 3.27. The van der Waals surface area contributed by atoms with Crippen LogP contribution < -0.4 is 0 Å².